The number of fused-ring (bicyclic) bond motifs is 5. The second-order valence-electron chi connectivity index (χ2n) is 20.0. The molecule has 400 valence electrons. The number of nitrogens with zero attached hydrogens (tertiary/aromatic N) is 1. The van der Waals surface area contributed by atoms with Crippen LogP contribution in [0.1, 0.15) is 102 Å². The van der Waals surface area contributed by atoms with Gasteiger partial charge in [-0.2, -0.15) is 0 Å². The van der Waals surface area contributed by atoms with Crippen LogP contribution in [0.4, 0.5) is 9.59 Å². The van der Waals surface area contributed by atoms with Crippen LogP contribution in [-0.2, 0) is 44.7 Å². The summed E-state index contributed by atoms with van der Waals surface area (Å²) in [5.74, 6) is -7.83. The summed E-state index contributed by atoms with van der Waals surface area (Å²) in [5, 5.41) is 34.2. The summed E-state index contributed by atoms with van der Waals surface area (Å²) in [4.78, 5) is 122. The first-order valence-electron chi connectivity index (χ1n) is 24.1. The Kier molecular flexibility index (Phi) is 19.2. The quantitative estimate of drug-likeness (QED) is 0.0294. The topological polar surface area (TPSA) is 285 Å². The van der Waals surface area contributed by atoms with Crippen molar-refractivity contribution in [2.45, 2.75) is 122 Å². The van der Waals surface area contributed by atoms with E-state index < -0.39 is 94.9 Å². The predicted octanol–water partition coefficient (Wildman–Crippen LogP) is 6.39. The molecule has 7 N–H and O–H groups in total. The molecule has 0 unspecified atom stereocenters. The van der Waals surface area contributed by atoms with E-state index in [0.29, 0.717) is 17.0 Å². The molecule has 0 fully saturated rings. The molecular formula is C54H63ClN6O14. The van der Waals surface area contributed by atoms with Gasteiger partial charge in [0, 0.05) is 41.7 Å². The molecule has 0 radical (unpaired) electrons. The average molecular weight is 1060 g/mol. The standard InChI is InChI=1S/C54H63ClN6O14/c1-29(44(63)50(69)70)57-47(66)40-27-31-13-23-41(62)37(26-31)38-28-35(20-24-42(38)73-52(72)75-54(6,7)8)43(48(67)58-30(2)45(64)60-40)61(9)49(68)39(12-10-11-25-56-51(71)74-53(3,4)5)59-46(65)34-16-14-32(15-17-34)33-18-21-36(55)22-19-33/h13-24,26,28-30,39-40,43,62H,10-12,25,27H2,1-9H3,(H,56,71)(H,57,66)(H,58,67)(H,59,65)(H,60,64)(H,69,70)/t29-,30-,39-,40-,43-/m0/s1. The van der Waals surface area contributed by atoms with Crippen molar-refractivity contribution in [2.24, 2.45) is 0 Å². The number of carbonyl (C=O) groups is 9. The minimum atomic E-state index is -1.80. The van der Waals surface area contributed by atoms with E-state index in [1.807, 2.05) is 12.1 Å². The van der Waals surface area contributed by atoms with Crippen LogP contribution in [0.25, 0.3) is 22.3 Å². The van der Waals surface area contributed by atoms with Gasteiger partial charge in [-0.1, -0.05) is 48.0 Å². The SMILES string of the molecule is C[C@@H]1NC(=O)[C@@H](N(C)C(=O)[C@H](CCCCNC(=O)OC(C)(C)C)NC(=O)c2ccc(-c3ccc(Cl)cc3)cc2)c2ccc(OC(=O)OC(C)(C)C)c(c2)-c2cc(ccc2O)C[C@@H](C(=O)N[C@@H](C)C(=O)C(=O)O)NC1=O. The van der Waals surface area contributed by atoms with E-state index in [4.69, 9.17) is 25.8 Å². The highest BCUT2D eigenvalue weighted by Crippen LogP contribution is 2.40. The minimum Gasteiger partial charge on any atom is -0.507 e. The first-order valence-corrected chi connectivity index (χ1v) is 24.4. The second-order valence-corrected chi connectivity index (χ2v) is 20.4. The number of aliphatic carboxylic acids is 1. The highest BCUT2D eigenvalue weighted by Gasteiger charge is 2.37. The normalized spacial score (nSPS) is 16.5. The van der Waals surface area contributed by atoms with Crippen LogP contribution in [0.2, 0.25) is 5.02 Å². The van der Waals surface area contributed by atoms with E-state index in [1.165, 1.54) is 50.4 Å². The molecule has 20 nitrogen and oxygen atoms in total. The molecule has 0 saturated carbocycles. The maximum atomic E-state index is 15.0. The fourth-order valence-corrected chi connectivity index (χ4v) is 7.95. The van der Waals surface area contributed by atoms with Crippen LogP contribution in [-0.4, -0.2) is 118 Å². The van der Waals surface area contributed by atoms with E-state index in [1.54, 1.807) is 77.9 Å². The number of hydrogen-bond donors (Lipinski definition) is 7. The maximum absolute atomic E-state index is 15.0. The van der Waals surface area contributed by atoms with Crippen LogP contribution >= 0.6 is 11.6 Å². The number of halogens is 1. The van der Waals surface area contributed by atoms with Crippen LogP contribution in [0, 0.1) is 0 Å². The Morgan fingerprint density at radius 2 is 1.41 bits per heavy atom. The lowest BCUT2D eigenvalue weighted by molar-refractivity contribution is -0.150. The number of ether oxygens (including phenoxy) is 3. The molecule has 1 aliphatic rings. The Balaban J connectivity index is 1.58. The van der Waals surface area contributed by atoms with Crippen molar-refractivity contribution >= 4 is 65.1 Å². The number of benzene rings is 4. The summed E-state index contributed by atoms with van der Waals surface area (Å²) in [7, 11) is 1.31. The highest BCUT2D eigenvalue weighted by molar-refractivity contribution is 6.35. The van der Waals surface area contributed by atoms with Crippen molar-refractivity contribution in [2.75, 3.05) is 13.6 Å². The number of nitrogens with one attached hydrogen (secondary N) is 5. The number of carboxylic acid groups (broad SMARTS) is 1. The number of aromatic hydroxyl groups is 1. The summed E-state index contributed by atoms with van der Waals surface area (Å²) < 4.78 is 16.4. The van der Waals surface area contributed by atoms with Crippen molar-refractivity contribution in [3.05, 3.63) is 107 Å². The predicted molar refractivity (Wildman–Crippen MR) is 276 cm³/mol. The summed E-state index contributed by atoms with van der Waals surface area (Å²) in [6.45, 7) is 12.6. The first kappa shape index (κ1) is 57.9. The molecule has 0 aliphatic carbocycles. The van der Waals surface area contributed by atoms with Gasteiger partial charge in [0.25, 0.3) is 11.7 Å². The summed E-state index contributed by atoms with van der Waals surface area (Å²) in [6.07, 6.45) is -1.43. The number of ketones is 1. The lowest BCUT2D eigenvalue weighted by Gasteiger charge is -2.32. The number of carboxylic acids is 1. The molecule has 5 atom stereocenters. The Hall–Kier alpha value is -8.00. The Morgan fingerprint density at radius 3 is 2.03 bits per heavy atom. The molecule has 0 spiro atoms. The Bertz CT molecular complexity index is 2810. The third kappa shape index (κ3) is 16.5. The van der Waals surface area contributed by atoms with E-state index in [0.717, 1.165) is 23.0 Å². The monoisotopic (exact) mass is 1050 g/mol. The van der Waals surface area contributed by atoms with Gasteiger partial charge < -0.3 is 55.9 Å². The second kappa shape index (κ2) is 24.8. The van der Waals surface area contributed by atoms with Crippen LogP contribution in [0.15, 0.2) is 84.9 Å². The zero-order valence-electron chi connectivity index (χ0n) is 43.1. The van der Waals surface area contributed by atoms with Crippen LogP contribution in [0.5, 0.6) is 11.5 Å². The number of alkyl carbamates (subject to hydrolysis) is 1. The number of Topliss-reactive ketones (excluding diaryl/α,β-unsaturated/α-hetero) is 1. The number of phenols is 1. The van der Waals surface area contributed by atoms with Gasteiger partial charge in [-0.25, -0.2) is 14.4 Å². The van der Waals surface area contributed by atoms with E-state index in [9.17, 15) is 48.6 Å². The molecular weight excluding hydrogens is 992 g/mol. The lowest BCUT2D eigenvalue weighted by Crippen LogP contribution is -2.57. The van der Waals surface area contributed by atoms with Gasteiger partial charge in [0.1, 0.15) is 46.9 Å². The molecule has 4 bridgehead atoms. The van der Waals surface area contributed by atoms with Crippen molar-refractivity contribution in [3.8, 4) is 33.8 Å². The molecule has 1 heterocycles. The molecule has 4 aromatic rings. The van der Waals surface area contributed by atoms with Crippen molar-refractivity contribution in [1.29, 1.82) is 0 Å². The molecule has 21 heteroatoms. The van der Waals surface area contributed by atoms with E-state index in [2.05, 4.69) is 26.6 Å². The molecule has 5 rings (SSSR count). The largest absolute Gasteiger partial charge is 0.514 e. The first-order chi connectivity index (χ1) is 35.1. The fourth-order valence-electron chi connectivity index (χ4n) is 7.83. The zero-order valence-corrected chi connectivity index (χ0v) is 43.9. The van der Waals surface area contributed by atoms with Crippen molar-refractivity contribution < 1.29 is 67.6 Å². The number of unbranched alkanes of at least 4 members (excludes halogenated alkanes) is 1. The van der Waals surface area contributed by atoms with Gasteiger partial charge in [-0.3, -0.25) is 28.8 Å². The van der Waals surface area contributed by atoms with Gasteiger partial charge in [0.15, 0.2) is 0 Å². The molecule has 4 aromatic carbocycles. The lowest BCUT2D eigenvalue weighted by atomic mass is 9.93. The van der Waals surface area contributed by atoms with E-state index >= 15 is 4.79 Å². The molecule has 0 aromatic heterocycles. The number of phenolic OH excluding ortho intramolecular Hbond substituents is 1. The third-order valence-electron chi connectivity index (χ3n) is 11.5. The minimum absolute atomic E-state index is 0.00130. The third-order valence-corrected chi connectivity index (χ3v) is 11.8. The van der Waals surface area contributed by atoms with Gasteiger partial charge in [0.05, 0.1) is 6.04 Å². The van der Waals surface area contributed by atoms with Gasteiger partial charge in [-0.05, 0) is 145 Å². The molecule has 75 heavy (non-hydrogen) atoms. The van der Waals surface area contributed by atoms with E-state index in [-0.39, 0.29) is 59.6 Å². The van der Waals surface area contributed by atoms with Crippen molar-refractivity contribution in [1.82, 2.24) is 31.5 Å². The van der Waals surface area contributed by atoms with Gasteiger partial charge in [0.2, 0.25) is 23.6 Å². The average Bonchev–Trinajstić information content (AvgIpc) is 3.32. The number of likely N-dealkylation sites (N-methyl/N-ethyl adjacent to an activating group) is 1. The summed E-state index contributed by atoms with van der Waals surface area (Å²) >= 11 is 6.08. The number of carbonyl (C=O) groups excluding carboxylic acids is 8. The molecule has 1 aliphatic heterocycles. The Labute approximate surface area is 439 Å². The molecule has 0 saturated heterocycles. The summed E-state index contributed by atoms with van der Waals surface area (Å²) in [6, 6.07) is 14.7. The van der Waals surface area contributed by atoms with Crippen molar-refractivity contribution in [3.63, 3.8) is 0 Å². The molecule has 6 amide bonds. The highest BCUT2D eigenvalue weighted by atomic mass is 35.5. The number of hydrogen-bond acceptors (Lipinski definition) is 13. The van der Waals surface area contributed by atoms with Gasteiger partial charge >= 0.3 is 18.2 Å². The summed E-state index contributed by atoms with van der Waals surface area (Å²) in [5.41, 5.74) is 0.505. The van der Waals surface area contributed by atoms with Gasteiger partial charge in [-0.15, -0.1) is 0 Å². The Morgan fingerprint density at radius 1 is 0.787 bits per heavy atom. The smallest absolute Gasteiger partial charge is 0.507 e. The number of rotatable bonds is 15. The maximum Gasteiger partial charge on any atom is 0.514 e. The fraction of sp³-hybridized carbons (Fsp3) is 0.389. The number of amides is 6. The zero-order chi connectivity index (χ0) is 55.5. The van der Waals surface area contributed by atoms with Crippen LogP contribution in [0.3, 0.4) is 0 Å². The van der Waals surface area contributed by atoms with Crippen LogP contribution < -0.4 is 31.3 Å².